The van der Waals surface area contributed by atoms with Gasteiger partial charge in [-0.2, -0.15) is 0 Å². The molecule has 9 aromatic carbocycles. The molecule has 0 atom stereocenters. The van der Waals surface area contributed by atoms with Gasteiger partial charge in [0.1, 0.15) is 0 Å². The largest absolute Gasteiger partial charge is 0.317 e. The van der Waals surface area contributed by atoms with Crippen molar-refractivity contribution in [2.24, 2.45) is 0 Å². The maximum Gasteiger partial charge on any atom is 0.164 e. The van der Waals surface area contributed by atoms with E-state index < -0.39 is 0 Å². The Balaban J connectivity index is 0.845. The van der Waals surface area contributed by atoms with Gasteiger partial charge in [-0.15, -0.1) is 0 Å². The van der Waals surface area contributed by atoms with Crippen molar-refractivity contribution >= 4 is 32.7 Å². The van der Waals surface area contributed by atoms with Gasteiger partial charge >= 0.3 is 0 Å². The summed E-state index contributed by atoms with van der Waals surface area (Å²) in [6.45, 7) is 0. The van der Waals surface area contributed by atoms with E-state index in [9.17, 15) is 0 Å². The van der Waals surface area contributed by atoms with E-state index in [0.29, 0.717) is 17.5 Å². The highest BCUT2D eigenvalue weighted by Crippen LogP contribution is 2.33. The second kappa shape index (κ2) is 16.8. The second-order valence-corrected chi connectivity index (χ2v) is 17.4. The predicted molar refractivity (Wildman–Crippen MR) is 283 cm³/mol. The summed E-state index contributed by atoms with van der Waals surface area (Å²) >= 11 is 0. The maximum atomic E-state index is 5.15. The lowest BCUT2D eigenvalue weighted by atomic mass is 10.0. The zero-order valence-corrected chi connectivity index (χ0v) is 37.4. The normalized spacial score (nSPS) is 11.5. The van der Waals surface area contributed by atoms with Crippen LogP contribution in [-0.2, 0) is 0 Å². The van der Waals surface area contributed by atoms with E-state index in [-0.39, 0.29) is 0 Å². The molecule has 0 amide bonds. The molecule has 0 saturated carbocycles. The Kier molecular flexibility index (Phi) is 9.72. The van der Waals surface area contributed by atoms with Gasteiger partial charge in [0.05, 0.1) is 16.6 Å². The molecule has 13 rings (SSSR count). The highest BCUT2D eigenvalue weighted by Gasteiger charge is 2.15. The molecule has 0 radical (unpaired) electrons. The van der Waals surface area contributed by atoms with Crippen LogP contribution in [0.15, 0.2) is 255 Å². The van der Waals surface area contributed by atoms with E-state index in [4.69, 9.17) is 15.0 Å². The number of rotatable bonds is 9. The molecular weight excluding hydrogens is 841 g/mol. The van der Waals surface area contributed by atoms with Gasteiger partial charge in [-0.25, -0.2) is 15.0 Å². The van der Waals surface area contributed by atoms with Crippen molar-refractivity contribution in [2.75, 3.05) is 0 Å². The van der Waals surface area contributed by atoms with Crippen molar-refractivity contribution < 1.29 is 0 Å². The number of nitrogens with zero attached hydrogens (tertiary/aromatic N) is 6. The van der Waals surface area contributed by atoms with Crippen molar-refractivity contribution in [3.63, 3.8) is 0 Å². The Morgan fingerprint density at radius 2 is 0.493 bits per heavy atom. The third-order valence-corrected chi connectivity index (χ3v) is 13.2. The Hall–Kier alpha value is -9.39. The summed E-state index contributed by atoms with van der Waals surface area (Å²) in [7, 11) is 0. The van der Waals surface area contributed by atoms with Crippen molar-refractivity contribution in [1.82, 2.24) is 28.7 Å². The summed E-state index contributed by atoms with van der Waals surface area (Å²) in [6, 6.07) is 83.6. The van der Waals surface area contributed by atoms with Gasteiger partial charge < -0.3 is 13.7 Å². The van der Waals surface area contributed by atoms with E-state index >= 15 is 0 Å². The third kappa shape index (κ3) is 7.47. The first-order valence-corrected chi connectivity index (χ1v) is 23.2. The van der Waals surface area contributed by atoms with Crippen molar-refractivity contribution in [2.45, 2.75) is 0 Å². The maximum absolute atomic E-state index is 5.15. The monoisotopic (exact) mass is 882 g/mol. The summed E-state index contributed by atoms with van der Waals surface area (Å²) in [5, 5.41) is 3.65. The van der Waals surface area contributed by atoms with E-state index in [1.165, 1.54) is 32.7 Å². The number of fused-ring (bicyclic) bond motifs is 3. The van der Waals surface area contributed by atoms with Crippen LogP contribution in [0.3, 0.4) is 0 Å². The molecule has 6 heteroatoms. The Labute approximate surface area is 399 Å². The van der Waals surface area contributed by atoms with Crippen molar-refractivity contribution in [1.29, 1.82) is 0 Å². The zero-order chi connectivity index (χ0) is 45.7. The third-order valence-electron chi connectivity index (χ3n) is 13.2. The molecule has 4 aromatic heterocycles. The molecule has 0 aliphatic heterocycles. The fourth-order valence-corrected chi connectivity index (χ4v) is 9.63. The van der Waals surface area contributed by atoms with E-state index in [1.807, 2.05) is 0 Å². The summed E-state index contributed by atoms with van der Waals surface area (Å²) in [5.74, 6) is 1.83. The number of benzene rings is 9. The van der Waals surface area contributed by atoms with Crippen LogP contribution in [0.1, 0.15) is 0 Å². The number of aromatic nitrogens is 6. The molecule has 0 unspecified atom stereocenters. The molecule has 324 valence electrons. The first-order chi connectivity index (χ1) is 34.1. The molecule has 0 saturated heterocycles. The van der Waals surface area contributed by atoms with Crippen molar-refractivity contribution in [3.05, 3.63) is 255 Å². The summed E-state index contributed by atoms with van der Waals surface area (Å²) in [6.07, 6.45) is 6.41. The molecule has 0 N–H and O–H groups in total. The van der Waals surface area contributed by atoms with Crippen LogP contribution in [-0.4, -0.2) is 28.7 Å². The van der Waals surface area contributed by atoms with Crippen LogP contribution in [0.25, 0.3) is 117 Å². The topological polar surface area (TPSA) is 53.5 Å². The van der Waals surface area contributed by atoms with Gasteiger partial charge in [0, 0.05) is 52.3 Å². The van der Waals surface area contributed by atoms with Crippen LogP contribution in [0.4, 0.5) is 0 Å². The van der Waals surface area contributed by atoms with Crippen LogP contribution < -0.4 is 0 Å². The van der Waals surface area contributed by atoms with Crippen LogP contribution in [0.2, 0.25) is 0 Å². The summed E-state index contributed by atoms with van der Waals surface area (Å²) in [4.78, 5) is 15.4. The van der Waals surface area contributed by atoms with Crippen molar-refractivity contribution in [3.8, 4) is 84.6 Å². The minimum Gasteiger partial charge on any atom is -0.317 e. The van der Waals surface area contributed by atoms with Crippen LogP contribution in [0, 0.1) is 0 Å². The van der Waals surface area contributed by atoms with Crippen LogP contribution in [0.5, 0.6) is 0 Å². The molecule has 0 spiro atoms. The van der Waals surface area contributed by atoms with Gasteiger partial charge in [-0.3, -0.25) is 0 Å². The van der Waals surface area contributed by atoms with Gasteiger partial charge in [0.2, 0.25) is 0 Å². The van der Waals surface area contributed by atoms with Gasteiger partial charge in [0.15, 0.2) is 17.5 Å². The lowest BCUT2D eigenvalue weighted by Gasteiger charge is -2.12. The van der Waals surface area contributed by atoms with Gasteiger partial charge in [0.25, 0.3) is 0 Å². The summed E-state index contributed by atoms with van der Waals surface area (Å²) in [5.41, 5.74) is 16.4. The van der Waals surface area contributed by atoms with E-state index in [0.717, 1.165) is 67.1 Å². The standard InChI is InChI=1S/C63H42N6/c1-4-19-58-46(10-1)34-37-67(58)55-16-7-13-52(40-55)43-22-28-49(29-23-43)61-64-62(50-30-24-44(25-31-50)53-14-8-17-56(41-53)68-38-35-47-11-2-5-20-59(47)68)66-63(65-61)51-32-26-45(27-33-51)54-15-9-18-57(42-54)69-39-36-48-12-3-6-21-60(48)69/h1-42H. The minimum atomic E-state index is 0.612. The lowest BCUT2D eigenvalue weighted by molar-refractivity contribution is 1.07. The highest BCUT2D eigenvalue weighted by atomic mass is 15.0. The first-order valence-electron chi connectivity index (χ1n) is 23.2. The average Bonchev–Trinajstić information content (AvgIpc) is 4.19. The number of para-hydroxylation sites is 3. The molecule has 13 aromatic rings. The highest BCUT2D eigenvalue weighted by molar-refractivity contribution is 5.85. The Bertz CT molecular complexity index is 3580. The number of hydrogen-bond donors (Lipinski definition) is 0. The quantitative estimate of drug-likeness (QED) is 0.145. The second-order valence-electron chi connectivity index (χ2n) is 17.4. The average molecular weight is 883 g/mol. The van der Waals surface area contributed by atoms with Crippen LogP contribution >= 0.6 is 0 Å². The van der Waals surface area contributed by atoms with E-state index in [2.05, 4.69) is 269 Å². The predicted octanol–water partition coefficient (Wildman–Crippen LogP) is 15.7. The fourth-order valence-electron chi connectivity index (χ4n) is 9.63. The minimum absolute atomic E-state index is 0.612. The zero-order valence-electron chi connectivity index (χ0n) is 37.4. The van der Waals surface area contributed by atoms with Gasteiger partial charge in [-0.1, -0.05) is 164 Å². The van der Waals surface area contributed by atoms with Gasteiger partial charge in [-0.05, 0) is 122 Å². The first kappa shape index (κ1) is 39.9. The molecule has 0 fully saturated rings. The molecule has 0 aliphatic rings. The molecular formula is C63H42N6. The molecule has 69 heavy (non-hydrogen) atoms. The Morgan fingerprint density at radius 3 is 0.797 bits per heavy atom. The molecule has 0 bridgehead atoms. The molecule has 0 aliphatic carbocycles. The van der Waals surface area contributed by atoms with E-state index in [1.54, 1.807) is 0 Å². The molecule has 6 nitrogen and oxygen atoms in total. The molecule has 4 heterocycles. The fraction of sp³-hybridized carbons (Fsp3) is 0. The number of hydrogen-bond acceptors (Lipinski definition) is 3. The SMILES string of the molecule is c1cc(-c2ccc(-c3nc(-c4ccc(-c5cccc(-n6ccc7ccccc76)c5)cc4)nc(-c4ccc(-c5cccc(-n6ccc7ccccc76)c5)cc4)n3)cc2)cc(-n2ccc3ccccc32)c1. The summed E-state index contributed by atoms with van der Waals surface area (Å²) < 4.78 is 6.72. The smallest absolute Gasteiger partial charge is 0.164 e. The Morgan fingerprint density at radius 1 is 0.217 bits per heavy atom. The lowest BCUT2D eigenvalue weighted by Crippen LogP contribution is -2.00.